The Morgan fingerprint density at radius 2 is 1.55 bits per heavy atom. The molecule has 6 nitrogen and oxygen atoms in total. The van der Waals surface area contributed by atoms with Crippen LogP contribution in [0.3, 0.4) is 0 Å². The van der Waals surface area contributed by atoms with Gasteiger partial charge in [0.2, 0.25) is 0 Å². The molecule has 1 rings (SSSR count). The SMILES string of the molecule is CC1(C)C(=O)N(CC[N+](C)(C)C)C(=O)N1Cl.CN(C)C. The van der Waals surface area contributed by atoms with Crippen LogP contribution in [0.4, 0.5) is 4.79 Å². The highest BCUT2D eigenvalue weighted by Gasteiger charge is 2.51. The van der Waals surface area contributed by atoms with E-state index in [0.29, 0.717) is 17.6 Å². The minimum atomic E-state index is -0.941. The maximum atomic E-state index is 11.9. The van der Waals surface area contributed by atoms with Gasteiger partial charge in [-0.15, -0.1) is 0 Å². The molecule has 0 bridgehead atoms. The van der Waals surface area contributed by atoms with Gasteiger partial charge >= 0.3 is 6.03 Å². The van der Waals surface area contributed by atoms with Crippen LogP contribution < -0.4 is 0 Å². The molecule has 1 fully saturated rings. The van der Waals surface area contributed by atoms with Crippen LogP contribution in [0.2, 0.25) is 0 Å². The zero-order valence-corrected chi connectivity index (χ0v) is 14.7. The molecule has 1 heterocycles. The number of amides is 3. The van der Waals surface area contributed by atoms with Crippen molar-refractivity contribution in [3.05, 3.63) is 0 Å². The van der Waals surface area contributed by atoms with E-state index in [-0.39, 0.29) is 5.91 Å². The highest BCUT2D eigenvalue weighted by atomic mass is 35.5. The van der Waals surface area contributed by atoms with Crippen LogP contribution in [0.5, 0.6) is 0 Å². The van der Waals surface area contributed by atoms with Crippen molar-refractivity contribution >= 4 is 23.7 Å². The molecule has 118 valence electrons. The van der Waals surface area contributed by atoms with Crippen molar-refractivity contribution in [3.63, 3.8) is 0 Å². The molecule has 0 aromatic heterocycles. The second kappa shape index (κ2) is 6.74. The van der Waals surface area contributed by atoms with Crippen molar-refractivity contribution in [2.24, 2.45) is 0 Å². The molecule has 0 atom stereocenters. The lowest BCUT2D eigenvalue weighted by molar-refractivity contribution is -0.869. The number of imide groups is 1. The number of nitrogens with zero attached hydrogens (tertiary/aromatic N) is 4. The summed E-state index contributed by atoms with van der Waals surface area (Å²) in [7, 11) is 12.0. The Bertz CT molecular complexity index is 361. The zero-order valence-electron chi connectivity index (χ0n) is 13.9. The molecule has 0 spiro atoms. The summed E-state index contributed by atoms with van der Waals surface area (Å²) < 4.78 is 1.67. The highest BCUT2D eigenvalue weighted by molar-refractivity contribution is 6.27. The molecular weight excluding hydrogens is 280 g/mol. The number of halogens is 1. The van der Waals surface area contributed by atoms with E-state index in [4.69, 9.17) is 11.8 Å². The first kappa shape index (κ1) is 19.1. The summed E-state index contributed by atoms with van der Waals surface area (Å²) in [5, 5.41) is 0. The second-order valence-corrected chi connectivity index (χ2v) is 7.27. The van der Waals surface area contributed by atoms with Gasteiger partial charge in [0.05, 0.1) is 34.2 Å². The molecule has 0 aromatic rings. The minimum absolute atomic E-state index is 0.235. The van der Waals surface area contributed by atoms with Crippen molar-refractivity contribution in [1.82, 2.24) is 14.2 Å². The molecule has 7 heteroatoms. The van der Waals surface area contributed by atoms with Crippen LogP contribution >= 0.6 is 11.8 Å². The molecule has 1 saturated heterocycles. The normalized spacial score (nSPS) is 18.5. The van der Waals surface area contributed by atoms with E-state index in [1.807, 2.05) is 47.2 Å². The lowest BCUT2D eigenvalue weighted by atomic mass is 10.1. The fourth-order valence-electron chi connectivity index (χ4n) is 1.44. The summed E-state index contributed by atoms with van der Waals surface area (Å²) in [6.45, 7) is 4.39. The first-order chi connectivity index (χ1) is 8.80. The van der Waals surface area contributed by atoms with Gasteiger partial charge in [0, 0.05) is 11.8 Å². The molecule has 0 N–H and O–H groups in total. The van der Waals surface area contributed by atoms with E-state index < -0.39 is 11.6 Å². The Balaban J connectivity index is 0.000000796. The number of hydrogen-bond acceptors (Lipinski definition) is 3. The van der Waals surface area contributed by atoms with E-state index in [1.54, 1.807) is 13.8 Å². The monoisotopic (exact) mass is 307 g/mol. The fraction of sp³-hybridized carbons (Fsp3) is 0.846. The van der Waals surface area contributed by atoms with Gasteiger partial charge in [0.1, 0.15) is 5.54 Å². The third-order valence-corrected chi connectivity index (χ3v) is 3.22. The van der Waals surface area contributed by atoms with Crippen molar-refractivity contribution < 1.29 is 14.1 Å². The lowest BCUT2D eigenvalue weighted by Crippen LogP contribution is -2.45. The first-order valence-corrected chi connectivity index (χ1v) is 6.88. The lowest BCUT2D eigenvalue weighted by Gasteiger charge is -2.26. The molecule has 0 aromatic carbocycles. The van der Waals surface area contributed by atoms with E-state index in [0.717, 1.165) is 4.42 Å². The highest BCUT2D eigenvalue weighted by Crippen LogP contribution is 2.29. The quantitative estimate of drug-likeness (QED) is 0.445. The second-order valence-electron chi connectivity index (χ2n) is 6.93. The Kier molecular flexibility index (Phi) is 6.45. The molecule has 0 saturated carbocycles. The average molecular weight is 308 g/mol. The number of carbonyl (C=O) groups excluding carboxylic acids is 2. The standard InChI is InChI=1S/C10H19ClN3O2.C3H9N/c1-10(2)8(15)12(9(16)13(10)11)6-7-14(3,4)5;1-4(2)3/h6-7H2,1-5H3;1-3H3/q+1;. The minimum Gasteiger partial charge on any atom is -0.329 e. The smallest absolute Gasteiger partial charge is 0.329 e. The fourth-order valence-corrected chi connectivity index (χ4v) is 1.61. The summed E-state index contributed by atoms with van der Waals surface area (Å²) in [5.41, 5.74) is -0.941. The molecule has 0 radical (unpaired) electrons. The van der Waals surface area contributed by atoms with E-state index in [2.05, 4.69) is 0 Å². The van der Waals surface area contributed by atoms with Crippen molar-refractivity contribution in [1.29, 1.82) is 0 Å². The van der Waals surface area contributed by atoms with Gasteiger partial charge in [-0.1, -0.05) is 0 Å². The number of hydrogen-bond donors (Lipinski definition) is 0. The third kappa shape index (κ3) is 5.26. The van der Waals surface area contributed by atoms with Gasteiger partial charge in [0.15, 0.2) is 0 Å². The van der Waals surface area contributed by atoms with E-state index in [1.165, 1.54) is 4.90 Å². The van der Waals surface area contributed by atoms with Crippen LogP contribution in [-0.4, -0.2) is 91.6 Å². The van der Waals surface area contributed by atoms with Gasteiger partial charge in [-0.3, -0.25) is 9.69 Å². The molecule has 1 aliphatic heterocycles. The zero-order chi connectivity index (χ0) is 16.3. The number of likely N-dealkylation sites (N-methyl/N-ethyl adjacent to an activating group) is 1. The number of urea groups is 1. The van der Waals surface area contributed by atoms with Crippen LogP contribution in [0.25, 0.3) is 0 Å². The van der Waals surface area contributed by atoms with E-state index >= 15 is 0 Å². The summed E-state index contributed by atoms with van der Waals surface area (Å²) in [5.74, 6) is -0.235. The van der Waals surface area contributed by atoms with Crippen LogP contribution in [0.15, 0.2) is 0 Å². The van der Waals surface area contributed by atoms with Gasteiger partial charge in [-0.2, -0.15) is 0 Å². The Labute approximate surface area is 127 Å². The summed E-state index contributed by atoms with van der Waals surface area (Å²) in [6, 6.07) is -0.426. The maximum Gasteiger partial charge on any atom is 0.342 e. The molecule has 0 unspecified atom stereocenters. The van der Waals surface area contributed by atoms with Crippen molar-refractivity contribution in [3.8, 4) is 0 Å². The van der Waals surface area contributed by atoms with Crippen LogP contribution in [0.1, 0.15) is 13.8 Å². The summed E-state index contributed by atoms with van der Waals surface area (Å²) >= 11 is 5.81. The number of rotatable bonds is 3. The summed E-state index contributed by atoms with van der Waals surface area (Å²) in [4.78, 5) is 26.9. The molecule has 1 aliphatic rings. The topological polar surface area (TPSA) is 43.9 Å². The Morgan fingerprint density at radius 1 is 1.15 bits per heavy atom. The van der Waals surface area contributed by atoms with Crippen LogP contribution in [0, 0.1) is 0 Å². The predicted octanol–water partition coefficient (Wildman–Crippen LogP) is 1.07. The average Bonchev–Trinajstić information content (AvgIpc) is 2.37. The van der Waals surface area contributed by atoms with Gasteiger partial charge in [0.25, 0.3) is 5.91 Å². The van der Waals surface area contributed by atoms with Gasteiger partial charge in [-0.05, 0) is 35.0 Å². The Hall–Kier alpha value is -0.850. The van der Waals surface area contributed by atoms with Crippen molar-refractivity contribution in [2.75, 3.05) is 55.4 Å². The molecule has 20 heavy (non-hydrogen) atoms. The largest absolute Gasteiger partial charge is 0.342 e. The van der Waals surface area contributed by atoms with Crippen LogP contribution in [-0.2, 0) is 4.79 Å². The van der Waals surface area contributed by atoms with E-state index in [9.17, 15) is 9.59 Å². The summed E-state index contributed by atoms with van der Waals surface area (Å²) in [6.07, 6.45) is 0. The third-order valence-electron chi connectivity index (χ3n) is 2.65. The van der Waals surface area contributed by atoms with Gasteiger partial charge < -0.3 is 9.38 Å². The maximum absolute atomic E-state index is 11.9. The Morgan fingerprint density at radius 3 is 1.80 bits per heavy atom. The van der Waals surface area contributed by atoms with Gasteiger partial charge in [-0.25, -0.2) is 9.21 Å². The van der Waals surface area contributed by atoms with Crippen molar-refractivity contribution in [2.45, 2.75) is 19.4 Å². The molecule has 0 aliphatic carbocycles. The molecular formula is C13H28ClN4O2+. The predicted molar refractivity (Wildman–Crippen MR) is 81.4 cm³/mol. The number of quaternary nitrogens is 1. The first-order valence-electron chi connectivity index (χ1n) is 6.54. The number of carbonyl (C=O) groups is 2. The molecule has 3 amide bonds.